The fourth-order valence-corrected chi connectivity index (χ4v) is 4.31. The fourth-order valence-electron chi connectivity index (χ4n) is 4.31. The quantitative estimate of drug-likeness (QED) is 0.193. The number of Topliss-reactive ketones (excluding diaryl/α,β-unsaturated/α-hetero) is 1. The van der Waals surface area contributed by atoms with Gasteiger partial charge in [-0.1, -0.05) is 75.9 Å². The van der Waals surface area contributed by atoms with Gasteiger partial charge >= 0.3 is 11.9 Å². The van der Waals surface area contributed by atoms with Crippen LogP contribution in [0, 0.1) is 17.8 Å². The third kappa shape index (κ3) is 9.47. The second kappa shape index (κ2) is 14.1. The maximum Gasteiger partial charge on any atom is 0.306 e. The second-order valence-electron chi connectivity index (χ2n) is 9.51. The second-order valence-corrected chi connectivity index (χ2v) is 9.51. The van der Waals surface area contributed by atoms with Gasteiger partial charge in [0.2, 0.25) is 5.78 Å². The number of hydrogen-bond donors (Lipinski definition) is 0. The predicted octanol–water partition coefficient (Wildman–Crippen LogP) is 6.86. The molecule has 34 heavy (non-hydrogen) atoms. The number of ketones is 2. The Kier molecular flexibility index (Phi) is 11.6. The summed E-state index contributed by atoms with van der Waals surface area (Å²) >= 11 is 0. The first-order valence-corrected chi connectivity index (χ1v) is 12.6. The van der Waals surface area contributed by atoms with Crippen molar-refractivity contribution in [3.8, 4) is 0 Å². The molecule has 0 radical (unpaired) electrons. The molecular formula is C28H38F2O4. The van der Waals surface area contributed by atoms with E-state index in [2.05, 4.69) is 0 Å². The predicted molar refractivity (Wildman–Crippen MR) is 128 cm³/mol. The summed E-state index contributed by atoms with van der Waals surface area (Å²) in [6, 6.07) is 9.54. The van der Waals surface area contributed by atoms with Gasteiger partial charge in [-0.3, -0.25) is 14.4 Å². The average Bonchev–Trinajstić information content (AvgIpc) is 3.17. The largest absolute Gasteiger partial charge is 0.461 e. The standard InChI is InChI=1S/C28H38F2O4/c1-3-21(2)19-28(29,30)26(32)18-16-23-15-17-25(31)24(23)13-9-4-5-10-14-27(33)34-20-22-11-7-6-8-12-22/h6-8,11-12,15,17,21,23-24H,3-5,9-10,13-14,16,18-20H2,1-2H3/t21-,23-,24+/m0/s1. The highest BCUT2D eigenvalue weighted by Gasteiger charge is 2.40. The third-order valence-corrected chi connectivity index (χ3v) is 6.69. The van der Waals surface area contributed by atoms with Crippen molar-refractivity contribution >= 4 is 17.5 Å². The summed E-state index contributed by atoms with van der Waals surface area (Å²) in [4.78, 5) is 36.2. The van der Waals surface area contributed by atoms with Crippen molar-refractivity contribution in [2.24, 2.45) is 17.8 Å². The minimum Gasteiger partial charge on any atom is -0.461 e. The molecule has 0 spiro atoms. The van der Waals surface area contributed by atoms with E-state index in [0.29, 0.717) is 19.3 Å². The van der Waals surface area contributed by atoms with Gasteiger partial charge in [-0.2, -0.15) is 8.78 Å². The lowest BCUT2D eigenvalue weighted by molar-refractivity contribution is -0.146. The fraction of sp³-hybridized carbons (Fsp3) is 0.607. The van der Waals surface area contributed by atoms with Crippen LogP contribution < -0.4 is 0 Å². The summed E-state index contributed by atoms with van der Waals surface area (Å²) < 4.78 is 33.6. The van der Waals surface area contributed by atoms with E-state index in [4.69, 9.17) is 4.74 Å². The average molecular weight is 477 g/mol. The SMILES string of the molecule is CC[C@H](C)CC(F)(F)C(=O)CC[C@@H]1C=CC(=O)[C@@H]1CCCCCCC(=O)OCc1ccccc1. The smallest absolute Gasteiger partial charge is 0.306 e. The van der Waals surface area contributed by atoms with Crippen LogP contribution in [0.2, 0.25) is 0 Å². The molecule has 0 N–H and O–H groups in total. The molecule has 1 aromatic rings. The number of carbonyl (C=O) groups excluding carboxylic acids is 3. The van der Waals surface area contributed by atoms with E-state index < -0.39 is 18.1 Å². The Hall–Kier alpha value is -2.37. The maximum absolute atomic E-state index is 14.1. The topological polar surface area (TPSA) is 60.4 Å². The molecule has 1 aliphatic carbocycles. The van der Waals surface area contributed by atoms with Crippen molar-refractivity contribution in [2.45, 2.75) is 90.6 Å². The van der Waals surface area contributed by atoms with Crippen LogP contribution in [-0.4, -0.2) is 23.5 Å². The molecule has 0 heterocycles. The number of rotatable bonds is 16. The van der Waals surface area contributed by atoms with Gasteiger partial charge in [0.15, 0.2) is 5.78 Å². The summed E-state index contributed by atoms with van der Waals surface area (Å²) in [5, 5.41) is 0. The first-order chi connectivity index (χ1) is 16.2. The van der Waals surface area contributed by atoms with Crippen molar-refractivity contribution in [3.05, 3.63) is 48.0 Å². The normalized spacial score (nSPS) is 18.8. The van der Waals surface area contributed by atoms with Gasteiger partial charge in [0.05, 0.1) is 0 Å². The number of allylic oxidation sites excluding steroid dienone is 2. The van der Waals surface area contributed by atoms with Gasteiger partial charge in [0.1, 0.15) is 6.61 Å². The summed E-state index contributed by atoms with van der Waals surface area (Å²) in [5.41, 5.74) is 0.959. The van der Waals surface area contributed by atoms with Crippen LogP contribution in [0.15, 0.2) is 42.5 Å². The van der Waals surface area contributed by atoms with Gasteiger partial charge in [-0.25, -0.2) is 0 Å². The van der Waals surface area contributed by atoms with Gasteiger partial charge in [0.25, 0.3) is 0 Å². The highest BCUT2D eigenvalue weighted by atomic mass is 19.3. The lowest BCUT2D eigenvalue weighted by Crippen LogP contribution is -2.31. The lowest BCUT2D eigenvalue weighted by atomic mass is 9.85. The molecule has 0 fully saturated rings. The van der Waals surface area contributed by atoms with Gasteiger partial charge in [0, 0.05) is 25.2 Å². The summed E-state index contributed by atoms with van der Waals surface area (Å²) in [7, 11) is 0. The first kappa shape index (κ1) is 27.9. The van der Waals surface area contributed by atoms with E-state index in [0.717, 1.165) is 31.2 Å². The molecule has 4 nitrogen and oxygen atoms in total. The van der Waals surface area contributed by atoms with Gasteiger partial charge < -0.3 is 4.74 Å². The minimum absolute atomic E-state index is 0.0216. The Morgan fingerprint density at radius 2 is 1.74 bits per heavy atom. The summed E-state index contributed by atoms with van der Waals surface area (Å²) in [5.74, 6) is -5.08. The molecule has 0 amide bonds. The highest BCUT2D eigenvalue weighted by Crippen LogP contribution is 2.33. The molecule has 2 rings (SSSR count). The Morgan fingerprint density at radius 3 is 2.44 bits per heavy atom. The van der Waals surface area contributed by atoms with Crippen LogP contribution in [0.4, 0.5) is 8.78 Å². The number of esters is 1. The van der Waals surface area contributed by atoms with Crippen molar-refractivity contribution in [1.29, 1.82) is 0 Å². The number of benzene rings is 1. The molecule has 0 unspecified atom stereocenters. The van der Waals surface area contributed by atoms with Crippen LogP contribution >= 0.6 is 0 Å². The van der Waals surface area contributed by atoms with E-state index in [1.165, 1.54) is 6.08 Å². The molecule has 0 saturated carbocycles. The Balaban J connectivity index is 1.62. The van der Waals surface area contributed by atoms with Crippen LogP contribution in [-0.2, 0) is 25.7 Å². The number of carbonyl (C=O) groups is 3. The van der Waals surface area contributed by atoms with E-state index >= 15 is 0 Å². The van der Waals surface area contributed by atoms with Crippen LogP contribution in [0.3, 0.4) is 0 Å². The maximum atomic E-state index is 14.1. The molecule has 0 aromatic heterocycles. The van der Waals surface area contributed by atoms with E-state index in [-0.39, 0.29) is 49.0 Å². The number of hydrogen-bond acceptors (Lipinski definition) is 4. The first-order valence-electron chi connectivity index (χ1n) is 12.6. The van der Waals surface area contributed by atoms with Gasteiger partial charge in [-0.15, -0.1) is 0 Å². The van der Waals surface area contributed by atoms with Crippen LogP contribution in [0.25, 0.3) is 0 Å². The molecule has 6 heteroatoms. The van der Waals surface area contributed by atoms with Crippen molar-refractivity contribution < 1.29 is 27.9 Å². The molecule has 1 aliphatic rings. The number of ether oxygens (including phenoxy) is 1. The third-order valence-electron chi connectivity index (χ3n) is 6.69. The number of halogens is 2. The van der Waals surface area contributed by atoms with Crippen molar-refractivity contribution in [3.63, 3.8) is 0 Å². The van der Waals surface area contributed by atoms with Gasteiger partial charge in [-0.05, 0) is 42.7 Å². The molecule has 0 aliphatic heterocycles. The molecular weight excluding hydrogens is 438 g/mol. The zero-order chi connectivity index (χ0) is 25.0. The number of alkyl halides is 2. The van der Waals surface area contributed by atoms with E-state index in [9.17, 15) is 23.2 Å². The zero-order valence-electron chi connectivity index (χ0n) is 20.4. The lowest BCUT2D eigenvalue weighted by Gasteiger charge is -2.21. The van der Waals surface area contributed by atoms with Crippen molar-refractivity contribution in [2.75, 3.05) is 0 Å². The zero-order valence-corrected chi connectivity index (χ0v) is 20.4. The molecule has 188 valence electrons. The Bertz CT molecular complexity index is 819. The monoisotopic (exact) mass is 476 g/mol. The molecule has 3 atom stereocenters. The van der Waals surface area contributed by atoms with Crippen LogP contribution in [0.5, 0.6) is 0 Å². The minimum atomic E-state index is -3.29. The molecule has 0 bridgehead atoms. The summed E-state index contributed by atoms with van der Waals surface area (Å²) in [6.45, 7) is 3.84. The molecule has 1 aromatic carbocycles. The molecule has 0 saturated heterocycles. The summed E-state index contributed by atoms with van der Waals surface area (Å²) in [6.07, 6.45) is 7.93. The van der Waals surface area contributed by atoms with E-state index in [1.54, 1.807) is 13.0 Å². The highest BCUT2D eigenvalue weighted by molar-refractivity contribution is 5.94. The van der Waals surface area contributed by atoms with Crippen molar-refractivity contribution in [1.82, 2.24) is 0 Å². The Morgan fingerprint density at radius 1 is 1.03 bits per heavy atom. The van der Waals surface area contributed by atoms with E-state index in [1.807, 2.05) is 37.3 Å². The van der Waals surface area contributed by atoms with Crippen LogP contribution in [0.1, 0.15) is 83.6 Å². The number of unbranched alkanes of at least 4 members (excludes halogenated alkanes) is 3. The Labute approximate surface area is 202 Å².